The first-order valence-electron chi connectivity index (χ1n) is 11.4. The molecule has 1 saturated heterocycles. The number of nitrogens with one attached hydrogen (secondary N) is 1. The Bertz CT molecular complexity index is 1070. The minimum atomic E-state index is -0.137. The monoisotopic (exact) mass is 418 g/mol. The fraction of sp³-hybridized carbons (Fsp3) is 0.444. The lowest BCUT2D eigenvalue weighted by atomic mass is 9.86. The maximum absolute atomic E-state index is 13.0. The molecule has 2 heterocycles. The highest BCUT2D eigenvalue weighted by molar-refractivity contribution is 5.99. The van der Waals surface area contributed by atoms with E-state index < -0.39 is 0 Å². The molecule has 1 amide bonds. The van der Waals surface area contributed by atoms with Gasteiger partial charge in [-0.05, 0) is 68.5 Å². The van der Waals surface area contributed by atoms with Crippen molar-refractivity contribution in [3.8, 4) is 0 Å². The van der Waals surface area contributed by atoms with Crippen LogP contribution in [-0.4, -0.2) is 30.4 Å². The van der Waals surface area contributed by atoms with Crippen LogP contribution in [0.2, 0.25) is 0 Å². The molecule has 4 rings (SSSR count). The van der Waals surface area contributed by atoms with Gasteiger partial charge in [-0.2, -0.15) is 0 Å². The van der Waals surface area contributed by atoms with Crippen molar-refractivity contribution in [1.29, 1.82) is 0 Å². The maximum atomic E-state index is 13.0. The number of benzene rings is 2. The summed E-state index contributed by atoms with van der Waals surface area (Å²) in [4.78, 5) is 15.5. The Hall–Kier alpha value is -2.59. The van der Waals surface area contributed by atoms with Gasteiger partial charge in [0.2, 0.25) is 0 Å². The molecular formula is C27H34N2O2. The molecule has 0 unspecified atom stereocenters. The van der Waals surface area contributed by atoms with Crippen LogP contribution in [0.25, 0.3) is 11.0 Å². The summed E-state index contributed by atoms with van der Waals surface area (Å²) in [5, 5.41) is 4.17. The van der Waals surface area contributed by atoms with E-state index in [1.54, 1.807) is 0 Å². The van der Waals surface area contributed by atoms with Gasteiger partial charge in [0.1, 0.15) is 5.58 Å². The molecule has 3 aromatic rings. The lowest BCUT2D eigenvalue weighted by molar-refractivity contribution is 0.0911. The van der Waals surface area contributed by atoms with Gasteiger partial charge in [0.15, 0.2) is 5.76 Å². The maximum Gasteiger partial charge on any atom is 0.287 e. The van der Waals surface area contributed by atoms with Crippen molar-refractivity contribution in [2.45, 2.75) is 58.9 Å². The molecule has 0 spiro atoms. The van der Waals surface area contributed by atoms with Crippen LogP contribution in [0.4, 0.5) is 0 Å². The minimum absolute atomic E-state index is 0.132. The molecule has 164 valence electrons. The Morgan fingerprint density at radius 1 is 1.06 bits per heavy atom. The Morgan fingerprint density at radius 2 is 1.74 bits per heavy atom. The van der Waals surface area contributed by atoms with Gasteiger partial charge in [-0.15, -0.1) is 0 Å². The van der Waals surface area contributed by atoms with Crippen molar-refractivity contribution in [3.63, 3.8) is 0 Å². The molecule has 1 aromatic heterocycles. The fourth-order valence-electron chi connectivity index (χ4n) is 4.54. The number of carbonyl (C=O) groups is 1. The number of likely N-dealkylation sites (tertiary alicyclic amines) is 1. The third-order valence-electron chi connectivity index (χ3n) is 6.50. The molecule has 1 fully saturated rings. The topological polar surface area (TPSA) is 45.5 Å². The zero-order valence-electron chi connectivity index (χ0n) is 19.4. The zero-order valence-corrected chi connectivity index (χ0v) is 19.4. The number of nitrogens with zero attached hydrogens (tertiary/aromatic N) is 1. The Kier molecular flexibility index (Phi) is 5.94. The first kappa shape index (κ1) is 21.6. The highest BCUT2D eigenvalue weighted by atomic mass is 16.3. The van der Waals surface area contributed by atoms with E-state index in [0.29, 0.717) is 12.3 Å². The van der Waals surface area contributed by atoms with Crippen molar-refractivity contribution in [2.75, 3.05) is 19.6 Å². The van der Waals surface area contributed by atoms with Crippen LogP contribution in [-0.2, 0) is 5.41 Å². The Balaban J connectivity index is 1.54. The highest BCUT2D eigenvalue weighted by Gasteiger charge is 2.26. The molecule has 1 aliphatic heterocycles. The van der Waals surface area contributed by atoms with Gasteiger partial charge >= 0.3 is 0 Å². The van der Waals surface area contributed by atoms with Crippen molar-refractivity contribution in [2.24, 2.45) is 0 Å². The minimum Gasteiger partial charge on any atom is -0.451 e. The average molecular weight is 419 g/mol. The average Bonchev–Trinajstić information content (AvgIpc) is 3.37. The fourth-order valence-corrected chi connectivity index (χ4v) is 4.54. The predicted molar refractivity (Wildman–Crippen MR) is 127 cm³/mol. The number of furan rings is 1. The molecule has 1 aliphatic rings. The lowest BCUT2D eigenvalue weighted by Crippen LogP contribution is -2.37. The first-order valence-corrected chi connectivity index (χ1v) is 11.4. The van der Waals surface area contributed by atoms with Crippen molar-refractivity contribution >= 4 is 16.9 Å². The third-order valence-corrected chi connectivity index (χ3v) is 6.50. The second kappa shape index (κ2) is 8.51. The van der Waals surface area contributed by atoms with Crippen molar-refractivity contribution < 1.29 is 9.21 Å². The molecule has 4 heteroatoms. The lowest BCUT2D eigenvalue weighted by Gasteiger charge is -2.29. The number of rotatable bonds is 5. The summed E-state index contributed by atoms with van der Waals surface area (Å²) in [5.74, 6) is 0.283. The van der Waals surface area contributed by atoms with Gasteiger partial charge in [0, 0.05) is 17.5 Å². The van der Waals surface area contributed by atoms with E-state index in [1.807, 2.05) is 19.1 Å². The normalized spacial score (nSPS) is 16.0. The molecule has 4 nitrogen and oxygen atoms in total. The summed E-state index contributed by atoms with van der Waals surface area (Å²) < 4.78 is 5.91. The number of aryl methyl sites for hydroxylation is 2. The second-order valence-corrected chi connectivity index (χ2v) is 9.90. The number of hydrogen-bond acceptors (Lipinski definition) is 3. The molecule has 0 aliphatic carbocycles. The molecular weight excluding hydrogens is 384 g/mol. The van der Waals surface area contributed by atoms with E-state index in [-0.39, 0.29) is 17.4 Å². The Labute approximate surface area is 185 Å². The quantitative estimate of drug-likeness (QED) is 0.560. The summed E-state index contributed by atoms with van der Waals surface area (Å²) in [5.41, 5.74) is 5.55. The van der Waals surface area contributed by atoms with Crippen LogP contribution < -0.4 is 5.32 Å². The summed E-state index contributed by atoms with van der Waals surface area (Å²) in [6.07, 6.45) is 2.43. The zero-order chi connectivity index (χ0) is 22.2. The van der Waals surface area contributed by atoms with Gasteiger partial charge in [-0.25, -0.2) is 0 Å². The van der Waals surface area contributed by atoms with Crippen molar-refractivity contribution in [3.05, 3.63) is 70.5 Å². The van der Waals surface area contributed by atoms with Crippen LogP contribution in [0.1, 0.15) is 72.5 Å². The second-order valence-electron chi connectivity index (χ2n) is 9.90. The van der Waals surface area contributed by atoms with Gasteiger partial charge in [-0.1, -0.05) is 56.7 Å². The van der Waals surface area contributed by atoms with E-state index in [2.05, 4.69) is 68.2 Å². The molecule has 0 radical (unpaired) electrons. The number of hydrogen-bond donors (Lipinski definition) is 1. The Morgan fingerprint density at radius 3 is 2.39 bits per heavy atom. The predicted octanol–water partition coefficient (Wildman–Crippen LogP) is 5.91. The third kappa shape index (κ3) is 4.54. The largest absolute Gasteiger partial charge is 0.451 e. The van der Waals surface area contributed by atoms with Crippen LogP contribution >= 0.6 is 0 Å². The smallest absolute Gasteiger partial charge is 0.287 e. The molecule has 0 saturated carbocycles. The molecule has 0 bridgehead atoms. The van der Waals surface area contributed by atoms with E-state index in [4.69, 9.17) is 4.42 Å². The molecule has 31 heavy (non-hydrogen) atoms. The van der Waals surface area contributed by atoms with E-state index in [0.717, 1.165) is 35.2 Å². The summed E-state index contributed by atoms with van der Waals surface area (Å²) in [7, 11) is 0. The first-order chi connectivity index (χ1) is 14.7. The van der Waals surface area contributed by atoms with Crippen LogP contribution in [0.3, 0.4) is 0 Å². The summed E-state index contributed by atoms with van der Waals surface area (Å²) >= 11 is 0. The molecule has 2 aromatic carbocycles. The van der Waals surface area contributed by atoms with Gasteiger partial charge in [0.25, 0.3) is 5.91 Å². The van der Waals surface area contributed by atoms with E-state index in [1.165, 1.54) is 24.0 Å². The van der Waals surface area contributed by atoms with Crippen LogP contribution in [0.5, 0.6) is 0 Å². The van der Waals surface area contributed by atoms with E-state index in [9.17, 15) is 4.79 Å². The number of amides is 1. The van der Waals surface area contributed by atoms with Crippen molar-refractivity contribution in [1.82, 2.24) is 10.2 Å². The van der Waals surface area contributed by atoms with Gasteiger partial charge < -0.3 is 9.73 Å². The standard InChI is InChI=1S/C27H34N2O2/c1-18-8-13-24-22(16-18)19(2)25(31-24)26(30)28-17-23(29-14-6-7-15-29)20-9-11-21(12-10-20)27(3,4)5/h8-13,16,23H,6-7,14-15,17H2,1-5H3,(H,28,30)/t23-/m1/s1. The summed E-state index contributed by atoms with van der Waals surface area (Å²) in [6, 6.07) is 15.1. The van der Waals surface area contributed by atoms with Gasteiger partial charge in [-0.3, -0.25) is 9.69 Å². The molecule has 1 atom stereocenters. The van der Waals surface area contributed by atoms with E-state index >= 15 is 0 Å². The molecule has 1 N–H and O–H groups in total. The summed E-state index contributed by atoms with van der Waals surface area (Å²) in [6.45, 7) is 13.4. The van der Waals surface area contributed by atoms with Crippen LogP contribution in [0, 0.1) is 13.8 Å². The SMILES string of the molecule is Cc1ccc2oc(C(=O)NC[C@H](c3ccc(C(C)(C)C)cc3)N3CCCC3)c(C)c2c1. The van der Waals surface area contributed by atoms with Crippen LogP contribution in [0.15, 0.2) is 46.9 Å². The number of carbonyl (C=O) groups excluding carboxylic acids is 1. The van der Waals surface area contributed by atoms with Gasteiger partial charge in [0.05, 0.1) is 6.04 Å². The highest BCUT2D eigenvalue weighted by Crippen LogP contribution is 2.29. The number of fused-ring (bicyclic) bond motifs is 1.